The van der Waals surface area contributed by atoms with Crippen molar-refractivity contribution in [1.82, 2.24) is 5.32 Å². The number of nitrogens with one attached hydrogen (secondary N) is 3. The van der Waals surface area contributed by atoms with E-state index in [0.29, 0.717) is 49.8 Å². The standard InChI is InChI=1S/C31H40IN3O6/c32-26-8-6-10-28(19-26)35-31(39)34-27-9-5-7-23(17-27)22-41-16-15-40-14-4-2-1-3-13-33-20-30(38)24-11-12-29(37)25(18-24)21-36/h5-12,17-19,30,33,36-38H,1-4,13-16,20-22H2,(H2,34,35,39)/t30-/m0/s1. The first-order valence-electron chi connectivity index (χ1n) is 13.8. The minimum Gasteiger partial charge on any atom is -0.508 e. The van der Waals surface area contributed by atoms with Crippen LogP contribution in [0.1, 0.15) is 48.5 Å². The summed E-state index contributed by atoms with van der Waals surface area (Å²) in [7, 11) is 0. The molecule has 2 amide bonds. The summed E-state index contributed by atoms with van der Waals surface area (Å²) in [4.78, 5) is 12.3. The number of carbonyl (C=O) groups excluding carboxylic acids is 1. The summed E-state index contributed by atoms with van der Waals surface area (Å²) in [6, 6.07) is 19.7. The van der Waals surface area contributed by atoms with Gasteiger partial charge < -0.3 is 40.7 Å². The fourth-order valence-electron chi connectivity index (χ4n) is 4.11. The highest BCUT2D eigenvalue weighted by Gasteiger charge is 2.10. The lowest BCUT2D eigenvalue weighted by Crippen LogP contribution is -2.22. The molecule has 10 heteroatoms. The molecule has 0 bridgehead atoms. The van der Waals surface area contributed by atoms with Gasteiger partial charge >= 0.3 is 6.03 Å². The molecule has 0 saturated carbocycles. The van der Waals surface area contributed by atoms with Gasteiger partial charge in [-0.25, -0.2) is 4.79 Å². The summed E-state index contributed by atoms with van der Waals surface area (Å²) in [5.74, 6) is 0.0323. The summed E-state index contributed by atoms with van der Waals surface area (Å²) in [5.41, 5.74) is 3.49. The van der Waals surface area contributed by atoms with Crippen LogP contribution in [0.3, 0.4) is 0 Å². The molecule has 1 atom stereocenters. The molecule has 0 heterocycles. The molecule has 0 fully saturated rings. The van der Waals surface area contributed by atoms with Gasteiger partial charge in [-0.05, 0) is 95.6 Å². The number of aliphatic hydroxyl groups is 2. The smallest absolute Gasteiger partial charge is 0.323 e. The first-order valence-corrected chi connectivity index (χ1v) is 14.9. The van der Waals surface area contributed by atoms with Crippen molar-refractivity contribution in [1.29, 1.82) is 0 Å². The van der Waals surface area contributed by atoms with Crippen molar-refractivity contribution in [3.63, 3.8) is 0 Å². The zero-order chi connectivity index (χ0) is 29.3. The molecule has 0 aliphatic heterocycles. The molecule has 41 heavy (non-hydrogen) atoms. The molecule has 0 spiro atoms. The van der Waals surface area contributed by atoms with Gasteiger partial charge in [-0.3, -0.25) is 0 Å². The SMILES string of the molecule is O=C(Nc1cccc(I)c1)Nc1cccc(COCCOCCCCCCNC[C@H](O)c2ccc(O)c(CO)c2)c1. The van der Waals surface area contributed by atoms with Crippen LogP contribution in [0.5, 0.6) is 5.75 Å². The van der Waals surface area contributed by atoms with Crippen molar-refractivity contribution in [2.75, 3.05) is 43.5 Å². The summed E-state index contributed by atoms with van der Waals surface area (Å²) >= 11 is 2.20. The van der Waals surface area contributed by atoms with Crippen LogP contribution in [-0.4, -0.2) is 54.3 Å². The average Bonchev–Trinajstić information content (AvgIpc) is 2.95. The first kappa shape index (κ1) is 32.8. The van der Waals surface area contributed by atoms with Gasteiger partial charge in [-0.2, -0.15) is 0 Å². The number of hydrogen-bond acceptors (Lipinski definition) is 7. The third-order valence-corrected chi connectivity index (χ3v) is 6.97. The topological polar surface area (TPSA) is 132 Å². The van der Waals surface area contributed by atoms with Gasteiger partial charge in [-0.15, -0.1) is 0 Å². The van der Waals surface area contributed by atoms with Crippen molar-refractivity contribution < 1.29 is 29.6 Å². The first-order chi connectivity index (χ1) is 19.9. The van der Waals surface area contributed by atoms with E-state index >= 15 is 0 Å². The number of benzene rings is 3. The van der Waals surface area contributed by atoms with Gasteiger partial charge in [0.2, 0.25) is 0 Å². The van der Waals surface area contributed by atoms with E-state index in [1.54, 1.807) is 12.1 Å². The van der Waals surface area contributed by atoms with E-state index in [1.807, 2.05) is 48.5 Å². The maximum absolute atomic E-state index is 12.3. The lowest BCUT2D eigenvalue weighted by Gasteiger charge is -2.14. The van der Waals surface area contributed by atoms with Crippen LogP contribution in [0.4, 0.5) is 16.2 Å². The molecule has 3 aromatic rings. The second-order valence-corrected chi connectivity index (χ2v) is 10.9. The molecule has 0 aliphatic rings. The highest BCUT2D eigenvalue weighted by Crippen LogP contribution is 2.22. The maximum Gasteiger partial charge on any atom is 0.323 e. The Morgan fingerprint density at radius 1 is 0.854 bits per heavy atom. The van der Waals surface area contributed by atoms with Gasteiger partial charge in [-0.1, -0.05) is 37.1 Å². The molecule has 6 N–H and O–H groups in total. The van der Waals surface area contributed by atoms with E-state index in [-0.39, 0.29) is 18.4 Å². The predicted octanol–water partition coefficient (Wildman–Crippen LogP) is 5.55. The van der Waals surface area contributed by atoms with E-state index in [2.05, 4.69) is 38.5 Å². The molecule has 222 valence electrons. The van der Waals surface area contributed by atoms with Crippen LogP contribution in [0.25, 0.3) is 0 Å². The number of carbonyl (C=O) groups is 1. The Balaban J connectivity index is 1.16. The largest absolute Gasteiger partial charge is 0.508 e. The summed E-state index contributed by atoms with van der Waals surface area (Å²) in [6.45, 7) is 3.13. The fraction of sp³-hybridized carbons (Fsp3) is 0.387. The number of phenols is 1. The van der Waals surface area contributed by atoms with E-state index in [0.717, 1.165) is 47.0 Å². The Labute approximate surface area is 255 Å². The lowest BCUT2D eigenvalue weighted by atomic mass is 10.1. The van der Waals surface area contributed by atoms with Gasteiger partial charge in [0.1, 0.15) is 5.75 Å². The number of urea groups is 1. The summed E-state index contributed by atoms with van der Waals surface area (Å²) in [6.07, 6.45) is 3.45. The average molecular weight is 678 g/mol. The number of ether oxygens (including phenoxy) is 2. The number of aliphatic hydroxyl groups excluding tert-OH is 2. The van der Waals surface area contributed by atoms with Crippen LogP contribution in [-0.2, 0) is 22.7 Å². The fourth-order valence-corrected chi connectivity index (χ4v) is 4.66. The van der Waals surface area contributed by atoms with Gasteiger partial charge in [0.25, 0.3) is 0 Å². The maximum atomic E-state index is 12.3. The minimum absolute atomic E-state index is 0.0323. The van der Waals surface area contributed by atoms with Crippen molar-refractivity contribution >= 4 is 40.0 Å². The third kappa shape index (κ3) is 12.8. The molecule has 0 aromatic heterocycles. The van der Waals surface area contributed by atoms with E-state index < -0.39 is 6.10 Å². The van der Waals surface area contributed by atoms with Crippen molar-refractivity contribution in [3.8, 4) is 5.75 Å². The summed E-state index contributed by atoms with van der Waals surface area (Å²) in [5, 5.41) is 38.1. The van der Waals surface area contributed by atoms with Crippen LogP contribution in [0.15, 0.2) is 66.7 Å². The molecule has 0 radical (unpaired) electrons. The summed E-state index contributed by atoms with van der Waals surface area (Å²) < 4.78 is 12.4. The quantitative estimate of drug-likeness (QED) is 0.0769. The van der Waals surface area contributed by atoms with Crippen molar-refractivity contribution in [3.05, 3.63) is 87.0 Å². The van der Waals surface area contributed by atoms with E-state index in [9.17, 15) is 20.1 Å². The highest BCUT2D eigenvalue weighted by atomic mass is 127. The molecule has 3 aromatic carbocycles. The molecule has 9 nitrogen and oxygen atoms in total. The van der Waals surface area contributed by atoms with Gasteiger partial charge in [0.15, 0.2) is 0 Å². The highest BCUT2D eigenvalue weighted by molar-refractivity contribution is 14.1. The van der Waals surface area contributed by atoms with E-state index in [4.69, 9.17) is 9.47 Å². The zero-order valence-electron chi connectivity index (χ0n) is 23.2. The molecule has 3 rings (SSSR count). The normalized spacial score (nSPS) is 11.8. The zero-order valence-corrected chi connectivity index (χ0v) is 25.3. The van der Waals surface area contributed by atoms with Crippen LogP contribution in [0.2, 0.25) is 0 Å². The van der Waals surface area contributed by atoms with Crippen LogP contribution >= 0.6 is 22.6 Å². The Bertz CT molecular complexity index is 1210. The Hall–Kier alpha value is -2.74. The molecular formula is C31H40IN3O6. The number of amides is 2. The molecule has 0 unspecified atom stereocenters. The van der Waals surface area contributed by atoms with Crippen LogP contribution < -0.4 is 16.0 Å². The van der Waals surface area contributed by atoms with Crippen molar-refractivity contribution in [2.45, 2.75) is 45.0 Å². The van der Waals surface area contributed by atoms with E-state index in [1.165, 1.54) is 6.07 Å². The molecular weight excluding hydrogens is 637 g/mol. The number of aromatic hydroxyl groups is 1. The Morgan fingerprint density at radius 3 is 2.37 bits per heavy atom. The second-order valence-electron chi connectivity index (χ2n) is 9.64. The predicted molar refractivity (Wildman–Crippen MR) is 169 cm³/mol. The lowest BCUT2D eigenvalue weighted by molar-refractivity contribution is 0.0393. The minimum atomic E-state index is -0.687. The third-order valence-electron chi connectivity index (χ3n) is 6.30. The number of hydrogen-bond donors (Lipinski definition) is 6. The van der Waals surface area contributed by atoms with Gasteiger partial charge in [0.05, 0.1) is 32.5 Å². The number of anilines is 2. The number of halogens is 1. The van der Waals surface area contributed by atoms with Gasteiger partial charge in [0, 0.05) is 33.7 Å². The van der Waals surface area contributed by atoms with Crippen molar-refractivity contribution in [2.24, 2.45) is 0 Å². The number of unbranched alkanes of at least 4 members (excludes halogenated alkanes) is 3. The molecule has 0 saturated heterocycles. The Kier molecular flexibility index (Phi) is 14.9. The second kappa shape index (κ2) is 18.6. The number of rotatable bonds is 18. The van der Waals surface area contributed by atoms with Crippen LogP contribution in [0, 0.1) is 3.57 Å². The monoisotopic (exact) mass is 677 g/mol. The Morgan fingerprint density at radius 2 is 1.59 bits per heavy atom. The molecule has 0 aliphatic carbocycles.